The zero-order valence-electron chi connectivity index (χ0n) is 30.2. The van der Waals surface area contributed by atoms with Crippen molar-refractivity contribution in [1.82, 2.24) is 14.8 Å². The summed E-state index contributed by atoms with van der Waals surface area (Å²) in [6.45, 7) is 2.52. The lowest BCUT2D eigenvalue weighted by Gasteiger charge is -2.48. The molecule has 8 rings (SSSR count). The van der Waals surface area contributed by atoms with Crippen LogP contribution in [-0.4, -0.2) is 46.0 Å². The van der Waals surface area contributed by atoms with E-state index in [0.717, 1.165) is 45.0 Å². The molecular weight excluding hydrogens is 773 g/mol. The second-order valence-electron chi connectivity index (χ2n) is 14.2. The Kier molecular flexibility index (Phi) is 11.1. The number of halogens is 4. The van der Waals surface area contributed by atoms with E-state index in [1.165, 1.54) is 40.4 Å². The Morgan fingerprint density at radius 1 is 0.714 bits per heavy atom. The van der Waals surface area contributed by atoms with Crippen LogP contribution in [0.3, 0.4) is 0 Å². The van der Waals surface area contributed by atoms with Gasteiger partial charge >= 0.3 is 6.18 Å². The van der Waals surface area contributed by atoms with E-state index >= 15 is 0 Å². The highest BCUT2D eigenvalue weighted by Gasteiger charge is 2.43. The standard InChI is InChI=1S/C44H38ClF3N4O2S2/c45-33-16-14-30(15-17-33)38(53)36-26-55-40-34(36)19-22-50(21-18-28-8-3-1-4-9-28)42(40)52(49)43-41-35(20-23-51(43)25-29-10-5-2-6-11-29)37(27-56-41)39(54)31-12-7-13-32(24-31)44(46,47)48/h1-17,24,26-27,42-43H,18-23,25,49H2. The van der Waals surface area contributed by atoms with Crippen LogP contribution < -0.4 is 5.84 Å². The van der Waals surface area contributed by atoms with Gasteiger partial charge in [0.1, 0.15) is 12.3 Å². The number of carbonyl (C=O) groups is 2. The Morgan fingerprint density at radius 2 is 1.27 bits per heavy atom. The minimum Gasteiger partial charge on any atom is -0.289 e. The van der Waals surface area contributed by atoms with E-state index in [1.807, 2.05) is 46.8 Å². The Morgan fingerprint density at radius 3 is 1.88 bits per heavy atom. The molecule has 4 aromatic carbocycles. The maximum atomic E-state index is 14.0. The van der Waals surface area contributed by atoms with E-state index in [2.05, 4.69) is 34.1 Å². The quantitative estimate of drug-likeness (QED) is 0.0799. The van der Waals surface area contributed by atoms with E-state index in [0.29, 0.717) is 60.7 Å². The van der Waals surface area contributed by atoms with Crippen molar-refractivity contribution < 1.29 is 22.8 Å². The number of benzene rings is 4. The topological polar surface area (TPSA) is 69.9 Å². The number of hydrazine groups is 1. The van der Waals surface area contributed by atoms with Gasteiger partial charge in [-0.05, 0) is 77.9 Å². The van der Waals surface area contributed by atoms with Crippen LogP contribution in [0.5, 0.6) is 0 Å². The summed E-state index contributed by atoms with van der Waals surface area (Å²) < 4.78 is 41.0. The van der Waals surface area contributed by atoms with Crippen molar-refractivity contribution in [2.24, 2.45) is 5.84 Å². The lowest BCUT2D eigenvalue weighted by atomic mass is 9.93. The van der Waals surface area contributed by atoms with Crippen molar-refractivity contribution in [3.8, 4) is 0 Å². The van der Waals surface area contributed by atoms with Gasteiger partial charge in [-0.25, -0.2) is 5.01 Å². The normalized spacial score (nSPS) is 17.5. The van der Waals surface area contributed by atoms with Crippen LogP contribution in [0.2, 0.25) is 5.02 Å². The monoisotopic (exact) mass is 810 g/mol. The van der Waals surface area contributed by atoms with Crippen LogP contribution in [0, 0.1) is 0 Å². The van der Waals surface area contributed by atoms with Gasteiger partial charge in [-0.3, -0.25) is 25.2 Å². The molecule has 12 heteroatoms. The number of nitrogens with two attached hydrogens (primary N) is 1. The van der Waals surface area contributed by atoms with E-state index < -0.39 is 29.9 Å². The maximum Gasteiger partial charge on any atom is 0.416 e. The third-order valence-electron chi connectivity index (χ3n) is 10.7. The van der Waals surface area contributed by atoms with Crippen LogP contribution in [-0.2, 0) is 32.0 Å². The third kappa shape index (κ3) is 7.77. The van der Waals surface area contributed by atoms with Crippen LogP contribution >= 0.6 is 34.3 Å². The molecular formula is C44H38ClF3N4O2S2. The van der Waals surface area contributed by atoms with Crippen molar-refractivity contribution in [3.05, 3.63) is 185 Å². The lowest BCUT2D eigenvalue weighted by Crippen LogP contribution is -2.55. The molecule has 6 aromatic rings. The predicted molar refractivity (Wildman–Crippen MR) is 216 cm³/mol. The van der Waals surface area contributed by atoms with E-state index in [4.69, 9.17) is 17.4 Å². The molecule has 2 aliphatic heterocycles. The first-order chi connectivity index (χ1) is 27.1. The van der Waals surface area contributed by atoms with E-state index in [9.17, 15) is 22.8 Å². The maximum absolute atomic E-state index is 14.0. The average molecular weight is 811 g/mol. The largest absolute Gasteiger partial charge is 0.416 e. The fourth-order valence-electron chi connectivity index (χ4n) is 7.88. The van der Waals surface area contributed by atoms with Gasteiger partial charge in [-0.2, -0.15) is 13.2 Å². The number of hydrogen-bond donors (Lipinski definition) is 1. The first kappa shape index (κ1) is 38.4. The SMILES string of the molecule is NN(C1c2scc(C(=O)c3ccc(Cl)cc3)c2CCN1CCc1ccccc1)C1c2scc(C(=O)c3cccc(C(F)(F)F)c3)c2CCN1Cc1ccccc1. The van der Waals surface area contributed by atoms with E-state index in [1.54, 1.807) is 29.6 Å². The molecule has 56 heavy (non-hydrogen) atoms. The first-order valence-corrected chi connectivity index (χ1v) is 20.5. The van der Waals surface area contributed by atoms with Crippen LogP contribution in [0.4, 0.5) is 13.2 Å². The fraction of sp³-hybridized carbons (Fsp3) is 0.227. The highest BCUT2D eigenvalue weighted by Crippen LogP contribution is 2.46. The van der Waals surface area contributed by atoms with E-state index in [-0.39, 0.29) is 11.3 Å². The van der Waals surface area contributed by atoms with Gasteiger partial charge in [0, 0.05) is 74.0 Å². The van der Waals surface area contributed by atoms with Gasteiger partial charge in [-0.1, -0.05) is 84.4 Å². The van der Waals surface area contributed by atoms with Crippen molar-refractivity contribution in [2.45, 2.75) is 44.3 Å². The number of fused-ring (bicyclic) bond motifs is 2. The Bertz CT molecular complexity index is 2350. The number of nitrogens with zero attached hydrogens (tertiary/aromatic N) is 3. The summed E-state index contributed by atoms with van der Waals surface area (Å²) in [5, 5.41) is 6.15. The summed E-state index contributed by atoms with van der Waals surface area (Å²) in [5.41, 5.74) is 4.83. The molecule has 0 bridgehead atoms. The highest BCUT2D eigenvalue weighted by atomic mass is 35.5. The minimum absolute atomic E-state index is 0.00577. The smallest absolute Gasteiger partial charge is 0.289 e. The molecule has 286 valence electrons. The van der Waals surface area contributed by atoms with Crippen LogP contribution in [0.15, 0.2) is 120 Å². The molecule has 2 N–H and O–H groups in total. The molecule has 2 aromatic heterocycles. The fourth-order valence-corrected chi connectivity index (χ4v) is 10.5. The molecule has 0 spiro atoms. The zero-order chi connectivity index (χ0) is 39.0. The molecule has 6 nitrogen and oxygen atoms in total. The first-order valence-electron chi connectivity index (χ1n) is 18.4. The van der Waals surface area contributed by atoms with Gasteiger partial charge in [0.05, 0.1) is 5.56 Å². The minimum atomic E-state index is -4.57. The van der Waals surface area contributed by atoms with Crippen molar-refractivity contribution in [1.29, 1.82) is 0 Å². The molecule has 0 amide bonds. The van der Waals surface area contributed by atoms with Gasteiger partial charge in [0.15, 0.2) is 11.6 Å². The molecule has 0 radical (unpaired) electrons. The Hall–Kier alpha value is -4.46. The molecule has 2 atom stereocenters. The Balaban J connectivity index is 1.20. The molecule has 0 saturated heterocycles. The second-order valence-corrected chi connectivity index (χ2v) is 16.4. The van der Waals surface area contributed by atoms with Crippen molar-refractivity contribution in [2.75, 3.05) is 19.6 Å². The summed E-state index contributed by atoms with van der Waals surface area (Å²) >= 11 is 9.09. The summed E-state index contributed by atoms with van der Waals surface area (Å²) in [5.74, 6) is 6.97. The van der Waals surface area contributed by atoms with Crippen LogP contribution in [0.25, 0.3) is 0 Å². The van der Waals surface area contributed by atoms with Gasteiger partial charge in [-0.15, -0.1) is 22.7 Å². The van der Waals surface area contributed by atoms with Crippen molar-refractivity contribution in [3.63, 3.8) is 0 Å². The number of hydrogen-bond acceptors (Lipinski definition) is 8. The molecule has 4 heterocycles. The number of thiophene rings is 2. The predicted octanol–water partition coefficient (Wildman–Crippen LogP) is 9.98. The number of alkyl halides is 3. The molecule has 0 fully saturated rings. The van der Waals surface area contributed by atoms with Gasteiger partial charge in [0.2, 0.25) is 0 Å². The molecule has 0 aliphatic carbocycles. The second kappa shape index (κ2) is 16.2. The number of carbonyl (C=O) groups excluding carboxylic acids is 2. The average Bonchev–Trinajstić information content (AvgIpc) is 3.85. The summed E-state index contributed by atoms with van der Waals surface area (Å²) in [6, 6.07) is 32.0. The molecule has 0 saturated carbocycles. The highest BCUT2D eigenvalue weighted by molar-refractivity contribution is 7.11. The zero-order valence-corrected chi connectivity index (χ0v) is 32.6. The molecule has 2 unspecified atom stereocenters. The summed E-state index contributed by atoms with van der Waals surface area (Å²) in [6.07, 6.45) is -3.48. The summed E-state index contributed by atoms with van der Waals surface area (Å²) in [7, 11) is 0. The Labute approximate surface area is 336 Å². The van der Waals surface area contributed by atoms with Gasteiger partial charge in [0.25, 0.3) is 0 Å². The van der Waals surface area contributed by atoms with Crippen molar-refractivity contribution >= 4 is 45.8 Å². The number of rotatable bonds is 11. The third-order valence-corrected chi connectivity index (χ3v) is 13.1. The lowest BCUT2D eigenvalue weighted by molar-refractivity contribution is -0.137. The molecule has 2 aliphatic rings. The van der Waals surface area contributed by atoms with Crippen LogP contribution in [0.1, 0.15) is 81.7 Å². The number of ketones is 2. The summed E-state index contributed by atoms with van der Waals surface area (Å²) in [4.78, 5) is 34.5. The van der Waals surface area contributed by atoms with Gasteiger partial charge < -0.3 is 0 Å².